The Morgan fingerprint density at radius 3 is 3.06 bits per heavy atom. The SMILES string of the molecule is O=C(C=Cc1ccc2cccnc2c1)NO. The number of hydrogen-bond acceptors (Lipinski definition) is 3. The van der Waals surface area contributed by atoms with Gasteiger partial charge < -0.3 is 0 Å². The minimum Gasteiger partial charge on any atom is -0.288 e. The number of rotatable bonds is 2. The zero-order valence-corrected chi connectivity index (χ0v) is 8.42. The van der Waals surface area contributed by atoms with Crippen LogP contribution in [0.15, 0.2) is 42.6 Å². The maximum atomic E-state index is 10.8. The smallest absolute Gasteiger partial charge is 0.267 e. The van der Waals surface area contributed by atoms with Crippen molar-refractivity contribution >= 4 is 22.9 Å². The number of amides is 1. The normalized spacial score (nSPS) is 10.8. The number of carbonyl (C=O) groups excluding carboxylic acids is 1. The van der Waals surface area contributed by atoms with Gasteiger partial charge in [-0.15, -0.1) is 0 Å². The van der Waals surface area contributed by atoms with Crippen molar-refractivity contribution in [2.75, 3.05) is 0 Å². The quantitative estimate of drug-likeness (QED) is 0.455. The Balaban J connectivity index is 2.33. The second-order valence-corrected chi connectivity index (χ2v) is 3.26. The average molecular weight is 214 g/mol. The molecule has 0 aliphatic rings. The van der Waals surface area contributed by atoms with Gasteiger partial charge in [-0.1, -0.05) is 18.2 Å². The van der Waals surface area contributed by atoms with Crippen molar-refractivity contribution < 1.29 is 10.0 Å². The third kappa shape index (κ3) is 2.24. The van der Waals surface area contributed by atoms with Crippen molar-refractivity contribution in [1.29, 1.82) is 0 Å². The lowest BCUT2D eigenvalue weighted by Crippen LogP contribution is -2.14. The Bertz CT molecular complexity index is 549. The van der Waals surface area contributed by atoms with E-state index in [9.17, 15) is 4.79 Å². The van der Waals surface area contributed by atoms with Gasteiger partial charge in [-0.25, -0.2) is 5.48 Å². The standard InChI is InChI=1S/C12H10N2O2/c15-12(14-16)6-4-9-3-5-10-2-1-7-13-11(10)8-9/h1-8,16H,(H,14,15). The number of nitrogens with zero attached hydrogens (tertiary/aromatic N) is 1. The second kappa shape index (κ2) is 4.55. The largest absolute Gasteiger partial charge is 0.288 e. The predicted octanol–water partition coefficient (Wildman–Crippen LogP) is 1.75. The van der Waals surface area contributed by atoms with Crippen LogP contribution in [0.3, 0.4) is 0 Å². The van der Waals surface area contributed by atoms with E-state index in [1.165, 1.54) is 11.6 Å². The highest BCUT2D eigenvalue weighted by Gasteiger charge is 1.95. The number of carbonyl (C=O) groups is 1. The molecule has 1 heterocycles. The van der Waals surface area contributed by atoms with Gasteiger partial charge in [-0.05, 0) is 23.8 Å². The van der Waals surface area contributed by atoms with Crippen LogP contribution in [0.4, 0.5) is 0 Å². The molecule has 0 radical (unpaired) electrons. The van der Waals surface area contributed by atoms with Crippen LogP contribution in [0.25, 0.3) is 17.0 Å². The molecule has 16 heavy (non-hydrogen) atoms. The summed E-state index contributed by atoms with van der Waals surface area (Å²) in [5.74, 6) is -0.555. The van der Waals surface area contributed by atoms with E-state index in [4.69, 9.17) is 5.21 Å². The summed E-state index contributed by atoms with van der Waals surface area (Å²) in [4.78, 5) is 15.0. The molecule has 4 heteroatoms. The first kappa shape index (κ1) is 10.3. The van der Waals surface area contributed by atoms with Gasteiger partial charge in [0.1, 0.15) is 0 Å². The van der Waals surface area contributed by atoms with Gasteiger partial charge in [0.25, 0.3) is 5.91 Å². The fourth-order valence-electron chi connectivity index (χ4n) is 1.40. The molecule has 1 aromatic carbocycles. The van der Waals surface area contributed by atoms with E-state index in [-0.39, 0.29) is 0 Å². The Kier molecular flexibility index (Phi) is 2.93. The van der Waals surface area contributed by atoms with Crippen LogP contribution < -0.4 is 5.48 Å². The molecule has 4 nitrogen and oxygen atoms in total. The van der Waals surface area contributed by atoms with Gasteiger partial charge in [-0.2, -0.15) is 0 Å². The van der Waals surface area contributed by atoms with Crippen molar-refractivity contribution in [3.8, 4) is 0 Å². The van der Waals surface area contributed by atoms with Gasteiger partial charge in [0, 0.05) is 17.7 Å². The van der Waals surface area contributed by atoms with E-state index < -0.39 is 5.91 Å². The predicted molar refractivity (Wildman–Crippen MR) is 60.7 cm³/mol. The molecule has 80 valence electrons. The van der Waals surface area contributed by atoms with Crippen molar-refractivity contribution in [3.63, 3.8) is 0 Å². The molecule has 2 N–H and O–H groups in total. The highest BCUT2D eigenvalue weighted by atomic mass is 16.5. The Morgan fingerprint density at radius 2 is 2.25 bits per heavy atom. The number of hydroxylamine groups is 1. The molecule has 2 rings (SSSR count). The highest BCUT2D eigenvalue weighted by Crippen LogP contribution is 2.13. The Morgan fingerprint density at radius 1 is 1.38 bits per heavy atom. The van der Waals surface area contributed by atoms with Crippen LogP contribution in [0.2, 0.25) is 0 Å². The fourth-order valence-corrected chi connectivity index (χ4v) is 1.40. The lowest BCUT2D eigenvalue weighted by molar-refractivity contribution is -0.124. The number of pyridine rings is 1. The zero-order valence-electron chi connectivity index (χ0n) is 8.42. The molecule has 0 saturated heterocycles. The number of aromatic nitrogens is 1. The van der Waals surface area contributed by atoms with E-state index in [0.29, 0.717) is 0 Å². The molecule has 0 bridgehead atoms. The van der Waals surface area contributed by atoms with Gasteiger partial charge in [0.2, 0.25) is 0 Å². The summed E-state index contributed by atoms with van der Waals surface area (Å²) < 4.78 is 0. The van der Waals surface area contributed by atoms with Crippen LogP contribution in [-0.4, -0.2) is 16.1 Å². The maximum Gasteiger partial charge on any atom is 0.267 e. The lowest BCUT2D eigenvalue weighted by atomic mass is 10.1. The summed E-state index contributed by atoms with van der Waals surface area (Å²) in [5.41, 5.74) is 3.26. The van der Waals surface area contributed by atoms with Gasteiger partial charge in [0.05, 0.1) is 5.52 Å². The summed E-state index contributed by atoms with van der Waals surface area (Å²) in [6.45, 7) is 0. The summed E-state index contributed by atoms with van der Waals surface area (Å²) in [5, 5.41) is 9.37. The fraction of sp³-hybridized carbons (Fsp3) is 0. The average Bonchev–Trinajstić information content (AvgIpc) is 2.35. The van der Waals surface area contributed by atoms with Crippen molar-refractivity contribution in [1.82, 2.24) is 10.5 Å². The molecular formula is C12H10N2O2. The minimum atomic E-state index is -0.555. The van der Waals surface area contributed by atoms with E-state index in [2.05, 4.69) is 4.98 Å². The lowest BCUT2D eigenvalue weighted by Gasteiger charge is -1.97. The number of benzene rings is 1. The summed E-state index contributed by atoms with van der Waals surface area (Å²) >= 11 is 0. The molecule has 1 amide bonds. The molecule has 0 fully saturated rings. The third-order valence-corrected chi connectivity index (χ3v) is 2.17. The van der Waals surface area contributed by atoms with Crippen LogP contribution in [0.5, 0.6) is 0 Å². The molecule has 0 saturated carbocycles. The molecule has 0 spiro atoms. The van der Waals surface area contributed by atoms with E-state index in [1.54, 1.807) is 12.3 Å². The summed E-state index contributed by atoms with van der Waals surface area (Å²) in [6.07, 6.45) is 4.58. The highest BCUT2D eigenvalue weighted by molar-refractivity contribution is 5.91. The first-order chi connectivity index (χ1) is 7.79. The first-order valence-electron chi connectivity index (χ1n) is 4.76. The van der Waals surface area contributed by atoms with Gasteiger partial charge >= 0.3 is 0 Å². The third-order valence-electron chi connectivity index (χ3n) is 2.17. The number of fused-ring (bicyclic) bond motifs is 1. The van der Waals surface area contributed by atoms with Crippen LogP contribution >= 0.6 is 0 Å². The van der Waals surface area contributed by atoms with Gasteiger partial charge in [-0.3, -0.25) is 15.0 Å². The molecule has 0 aliphatic heterocycles. The minimum absolute atomic E-state index is 0.555. The van der Waals surface area contributed by atoms with Crippen molar-refractivity contribution in [2.45, 2.75) is 0 Å². The van der Waals surface area contributed by atoms with Crippen LogP contribution in [0, 0.1) is 0 Å². The molecular weight excluding hydrogens is 204 g/mol. The van der Waals surface area contributed by atoms with E-state index in [1.807, 2.05) is 30.3 Å². The molecule has 1 aromatic heterocycles. The molecule has 0 atom stereocenters. The van der Waals surface area contributed by atoms with Crippen LogP contribution in [0.1, 0.15) is 5.56 Å². The summed E-state index contributed by atoms with van der Waals surface area (Å²) in [6, 6.07) is 9.52. The van der Waals surface area contributed by atoms with Crippen molar-refractivity contribution in [2.24, 2.45) is 0 Å². The number of hydrogen-bond donors (Lipinski definition) is 2. The first-order valence-corrected chi connectivity index (χ1v) is 4.76. The second-order valence-electron chi connectivity index (χ2n) is 3.26. The molecule has 0 unspecified atom stereocenters. The van der Waals surface area contributed by atoms with E-state index >= 15 is 0 Å². The molecule has 0 aliphatic carbocycles. The maximum absolute atomic E-state index is 10.8. The number of nitrogens with one attached hydrogen (secondary N) is 1. The Labute approximate surface area is 92.2 Å². The monoisotopic (exact) mass is 214 g/mol. The Hall–Kier alpha value is -2.20. The van der Waals surface area contributed by atoms with Crippen molar-refractivity contribution in [3.05, 3.63) is 48.2 Å². The van der Waals surface area contributed by atoms with Crippen LogP contribution in [-0.2, 0) is 4.79 Å². The zero-order chi connectivity index (χ0) is 11.4. The molecule has 2 aromatic rings. The topological polar surface area (TPSA) is 62.2 Å². The van der Waals surface area contributed by atoms with Gasteiger partial charge in [0.15, 0.2) is 0 Å². The summed E-state index contributed by atoms with van der Waals surface area (Å²) in [7, 11) is 0. The van der Waals surface area contributed by atoms with E-state index in [0.717, 1.165) is 16.5 Å².